The molecule has 7 heteroatoms. The average Bonchev–Trinajstić information content (AvgIpc) is 2.85. The lowest BCUT2D eigenvalue weighted by Crippen LogP contribution is -2.13. The molecule has 3 aromatic rings. The van der Waals surface area contributed by atoms with Gasteiger partial charge in [-0.3, -0.25) is 0 Å². The second kappa shape index (κ2) is 11.8. The summed E-state index contributed by atoms with van der Waals surface area (Å²) >= 11 is 13.5. The molecular formula is C27H23Cl2NO3S. The first kappa shape index (κ1) is 25.5. The van der Waals surface area contributed by atoms with E-state index in [0.717, 1.165) is 33.2 Å². The van der Waals surface area contributed by atoms with Crippen LogP contribution in [0.4, 0.5) is 5.69 Å². The van der Waals surface area contributed by atoms with E-state index >= 15 is 0 Å². The van der Waals surface area contributed by atoms with Gasteiger partial charge in [0.2, 0.25) is 0 Å². The molecule has 174 valence electrons. The molecule has 0 heterocycles. The highest BCUT2D eigenvalue weighted by molar-refractivity contribution is 8.06. The van der Waals surface area contributed by atoms with Gasteiger partial charge in [-0.2, -0.15) is 0 Å². The maximum atomic E-state index is 11.0. The summed E-state index contributed by atoms with van der Waals surface area (Å²) in [4.78, 5) is 12.9. The van der Waals surface area contributed by atoms with Crippen molar-refractivity contribution < 1.29 is 14.6 Å². The van der Waals surface area contributed by atoms with E-state index in [9.17, 15) is 4.79 Å². The molecule has 0 saturated heterocycles. The molecule has 4 nitrogen and oxygen atoms in total. The third-order valence-electron chi connectivity index (χ3n) is 4.99. The van der Waals surface area contributed by atoms with Gasteiger partial charge in [0, 0.05) is 12.7 Å². The molecule has 0 aliphatic rings. The minimum Gasteiger partial charge on any atom is -0.489 e. The second-order valence-corrected chi connectivity index (χ2v) is 9.02. The standard InChI is InChI=1S/C27H23Cl2NO3S/c1-4-20(17-34-18(2)30(3)23-10-6-22(7-11-23)27(31)32)21-8-12-24(13-9-21)33-16-19-5-14-25(28)26(29)15-19/h4-15,17H,1-2,16H2,3H3,(H,31,32)/b20-17+. The molecule has 0 aromatic heterocycles. The van der Waals surface area contributed by atoms with Gasteiger partial charge >= 0.3 is 5.97 Å². The fourth-order valence-electron chi connectivity index (χ4n) is 2.96. The van der Waals surface area contributed by atoms with Crippen molar-refractivity contribution in [2.75, 3.05) is 11.9 Å². The summed E-state index contributed by atoms with van der Waals surface area (Å²) < 4.78 is 5.85. The van der Waals surface area contributed by atoms with Gasteiger partial charge in [0.1, 0.15) is 12.4 Å². The minimum absolute atomic E-state index is 0.244. The van der Waals surface area contributed by atoms with Gasteiger partial charge in [0.15, 0.2) is 0 Å². The molecule has 0 saturated carbocycles. The van der Waals surface area contributed by atoms with Gasteiger partial charge in [-0.1, -0.05) is 72.4 Å². The van der Waals surface area contributed by atoms with Crippen molar-refractivity contribution in [2.45, 2.75) is 6.61 Å². The van der Waals surface area contributed by atoms with Crippen LogP contribution in [0.2, 0.25) is 10.0 Å². The van der Waals surface area contributed by atoms with Crippen LogP contribution in [0.5, 0.6) is 5.75 Å². The Balaban J connectivity index is 1.61. The van der Waals surface area contributed by atoms with Gasteiger partial charge < -0.3 is 14.7 Å². The van der Waals surface area contributed by atoms with E-state index in [1.54, 1.807) is 42.5 Å². The van der Waals surface area contributed by atoms with Crippen molar-refractivity contribution >= 4 is 52.2 Å². The predicted molar refractivity (Wildman–Crippen MR) is 144 cm³/mol. The summed E-state index contributed by atoms with van der Waals surface area (Å²) in [6, 6.07) is 19.8. The van der Waals surface area contributed by atoms with Crippen LogP contribution in [-0.4, -0.2) is 18.1 Å². The minimum atomic E-state index is -0.952. The van der Waals surface area contributed by atoms with Crippen LogP contribution in [0.3, 0.4) is 0 Å². The van der Waals surface area contributed by atoms with E-state index in [2.05, 4.69) is 13.2 Å². The molecule has 0 aliphatic carbocycles. The molecule has 34 heavy (non-hydrogen) atoms. The van der Waals surface area contributed by atoms with E-state index in [-0.39, 0.29) is 5.56 Å². The number of hydrogen-bond acceptors (Lipinski definition) is 4. The third kappa shape index (κ3) is 6.70. The van der Waals surface area contributed by atoms with Gasteiger partial charge in [-0.15, -0.1) is 0 Å². The van der Waals surface area contributed by atoms with Gasteiger partial charge in [-0.25, -0.2) is 4.79 Å². The fourth-order valence-corrected chi connectivity index (χ4v) is 4.04. The zero-order valence-corrected chi connectivity index (χ0v) is 20.8. The van der Waals surface area contributed by atoms with Crippen LogP contribution >= 0.6 is 35.0 Å². The van der Waals surface area contributed by atoms with Crippen molar-refractivity contribution in [1.29, 1.82) is 0 Å². The molecule has 3 aromatic carbocycles. The monoisotopic (exact) mass is 511 g/mol. The molecule has 0 atom stereocenters. The number of nitrogens with zero attached hydrogens (tertiary/aromatic N) is 1. The first-order chi connectivity index (χ1) is 16.3. The summed E-state index contributed by atoms with van der Waals surface area (Å²) in [5.74, 6) is -0.216. The largest absolute Gasteiger partial charge is 0.489 e. The number of benzene rings is 3. The topological polar surface area (TPSA) is 49.8 Å². The summed E-state index contributed by atoms with van der Waals surface area (Å²) in [6.07, 6.45) is 1.79. The van der Waals surface area contributed by atoms with Crippen LogP contribution < -0.4 is 9.64 Å². The van der Waals surface area contributed by atoms with Crippen LogP contribution in [0.25, 0.3) is 5.57 Å². The average molecular weight is 512 g/mol. The molecule has 0 unspecified atom stereocenters. The number of aromatic carboxylic acids is 1. The number of ether oxygens (including phenoxy) is 1. The predicted octanol–water partition coefficient (Wildman–Crippen LogP) is 8.14. The molecule has 0 amide bonds. The summed E-state index contributed by atoms with van der Waals surface area (Å²) in [5, 5.41) is 12.8. The second-order valence-electron chi connectivity index (χ2n) is 7.26. The lowest BCUT2D eigenvalue weighted by atomic mass is 10.1. The maximum Gasteiger partial charge on any atom is 0.335 e. The first-order valence-corrected chi connectivity index (χ1v) is 11.8. The van der Waals surface area contributed by atoms with Crippen LogP contribution in [0.15, 0.2) is 96.4 Å². The van der Waals surface area contributed by atoms with E-state index < -0.39 is 5.97 Å². The third-order valence-corrected chi connectivity index (χ3v) is 6.65. The quantitative estimate of drug-likeness (QED) is 0.278. The Morgan fingerprint density at radius 1 is 1.03 bits per heavy atom. The number of carboxylic acids is 1. The fraction of sp³-hybridized carbons (Fsp3) is 0.0741. The van der Waals surface area contributed by atoms with E-state index in [4.69, 9.17) is 33.0 Å². The summed E-state index contributed by atoms with van der Waals surface area (Å²) in [7, 11) is 1.88. The number of halogens is 2. The van der Waals surface area contributed by atoms with Crippen molar-refractivity contribution in [3.05, 3.63) is 123 Å². The lowest BCUT2D eigenvalue weighted by Gasteiger charge is -2.20. The van der Waals surface area contributed by atoms with Crippen LogP contribution in [-0.2, 0) is 6.61 Å². The molecule has 0 radical (unpaired) electrons. The van der Waals surface area contributed by atoms with Crippen molar-refractivity contribution in [2.24, 2.45) is 0 Å². The van der Waals surface area contributed by atoms with E-state index in [0.29, 0.717) is 16.7 Å². The number of thioether (sulfide) groups is 1. The zero-order valence-electron chi connectivity index (χ0n) is 18.5. The van der Waals surface area contributed by atoms with Crippen LogP contribution in [0, 0.1) is 0 Å². The normalized spacial score (nSPS) is 11.1. The van der Waals surface area contributed by atoms with Gasteiger partial charge in [0.05, 0.1) is 20.6 Å². The van der Waals surface area contributed by atoms with Crippen molar-refractivity contribution in [1.82, 2.24) is 0 Å². The maximum absolute atomic E-state index is 11.0. The number of carboxylic acid groups (broad SMARTS) is 1. The number of hydrogen-bond donors (Lipinski definition) is 1. The van der Waals surface area contributed by atoms with Gasteiger partial charge in [-0.05, 0) is 70.6 Å². The zero-order chi connectivity index (χ0) is 24.7. The Bertz CT molecular complexity index is 1220. The Kier molecular flexibility index (Phi) is 8.88. The lowest BCUT2D eigenvalue weighted by molar-refractivity contribution is 0.0697. The van der Waals surface area contributed by atoms with Gasteiger partial charge in [0.25, 0.3) is 0 Å². The highest BCUT2D eigenvalue weighted by atomic mass is 35.5. The number of carbonyl (C=O) groups is 1. The van der Waals surface area contributed by atoms with Crippen molar-refractivity contribution in [3.8, 4) is 5.75 Å². The Morgan fingerprint density at radius 2 is 1.68 bits per heavy atom. The highest BCUT2D eigenvalue weighted by Gasteiger charge is 2.08. The smallest absolute Gasteiger partial charge is 0.335 e. The molecule has 3 rings (SSSR count). The molecule has 0 bridgehead atoms. The van der Waals surface area contributed by atoms with E-state index in [1.165, 1.54) is 11.8 Å². The number of anilines is 1. The molecule has 1 N–H and O–H groups in total. The Hall–Kier alpha value is -3.12. The number of rotatable bonds is 10. The van der Waals surface area contributed by atoms with E-state index in [1.807, 2.05) is 47.7 Å². The molecule has 0 spiro atoms. The Labute approximate surface area is 213 Å². The number of allylic oxidation sites excluding steroid dienone is 2. The van der Waals surface area contributed by atoms with Crippen molar-refractivity contribution in [3.63, 3.8) is 0 Å². The summed E-state index contributed by atoms with van der Waals surface area (Å²) in [6.45, 7) is 8.43. The first-order valence-electron chi connectivity index (χ1n) is 10.2. The highest BCUT2D eigenvalue weighted by Crippen LogP contribution is 2.29. The molecular weight excluding hydrogens is 489 g/mol. The molecule has 0 aliphatic heterocycles. The molecule has 0 fully saturated rings. The van der Waals surface area contributed by atoms with Crippen LogP contribution in [0.1, 0.15) is 21.5 Å². The Morgan fingerprint density at radius 3 is 2.26 bits per heavy atom. The SMILES string of the molecule is C=C/C(=C\SC(=C)N(C)c1ccc(C(=O)O)cc1)c1ccc(OCc2ccc(Cl)c(Cl)c2)cc1. The summed E-state index contributed by atoms with van der Waals surface area (Å²) in [5.41, 5.74) is 3.96.